The zero-order valence-electron chi connectivity index (χ0n) is 22.5. The maximum absolute atomic E-state index is 13.4. The average molecular weight is 578 g/mol. The number of hydrogen-bond acceptors (Lipinski definition) is 5. The fourth-order valence-corrected chi connectivity index (χ4v) is 5.17. The van der Waals surface area contributed by atoms with Gasteiger partial charge in [0.05, 0.1) is 22.8 Å². The van der Waals surface area contributed by atoms with Crippen molar-refractivity contribution in [1.29, 1.82) is 5.41 Å². The molecule has 0 heterocycles. The highest BCUT2D eigenvalue weighted by atomic mass is 32.2. The molecule has 3 aromatic carbocycles. The number of nitrogen functional groups attached to an aromatic ring is 1. The molecule has 3 aromatic rings. The van der Waals surface area contributed by atoms with Crippen molar-refractivity contribution < 1.29 is 23.7 Å². The van der Waals surface area contributed by atoms with E-state index in [4.69, 9.17) is 11.1 Å². The van der Waals surface area contributed by atoms with Gasteiger partial charge in [0.2, 0.25) is 11.8 Å². The normalized spacial score (nSPS) is 13.0. The summed E-state index contributed by atoms with van der Waals surface area (Å²) < 4.78 is 15.8. The molecule has 216 valence electrons. The summed E-state index contributed by atoms with van der Waals surface area (Å²) in [6, 6.07) is 23.5. The van der Waals surface area contributed by atoms with Crippen LogP contribution >= 0.6 is 0 Å². The van der Waals surface area contributed by atoms with E-state index in [0.29, 0.717) is 18.4 Å². The third-order valence-corrected chi connectivity index (χ3v) is 7.45. The number of benzene rings is 3. The first-order chi connectivity index (χ1) is 19.7. The van der Waals surface area contributed by atoms with E-state index in [9.17, 15) is 23.7 Å². The summed E-state index contributed by atoms with van der Waals surface area (Å²) in [6.07, 6.45) is 0.394. The minimum atomic E-state index is -1.58. The fourth-order valence-electron chi connectivity index (χ4n) is 4.05. The molecule has 1 unspecified atom stereocenters. The number of carbonyl (C=O) groups excluding carboxylic acids is 2. The number of carbonyl (C=O) groups is 3. The molecule has 11 heteroatoms. The van der Waals surface area contributed by atoms with E-state index in [0.717, 1.165) is 16.7 Å². The van der Waals surface area contributed by atoms with Gasteiger partial charge < -0.3 is 21.5 Å². The summed E-state index contributed by atoms with van der Waals surface area (Å²) in [6.45, 7) is 0.132. The van der Waals surface area contributed by atoms with E-state index in [-0.39, 0.29) is 31.0 Å². The van der Waals surface area contributed by atoms with Gasteiger partial charge >= 0.3 is 5.97 Å². The Balaban J connectivity index is 1.69. The molecular weight excluding hydrogens is 542 g/mol. The molecule has 41 heavy (non-hydrogen) atoms. The topological polar surface area (TPSA) is 174 Å². The molecule has 0 radical (unpaired) electrons. The van der Waals surface area contributed by atoms with Crippen LogP contribution in [-0.4, -0.2) is 45.0 Å². The molecule has 3 rings (SSSR count). The Morgan fingerprint density at radius 2 is 1.41 bits per heavy atom. The standard InChI is InChI=1S/C30H35N5O5S/c31-28(32)24-14-11-22(12-15-24)19-33-29(38)25(17-18-27(36)37)34-30(39)26(16-13-21-7-3-1-4-8-21)35-41(40)20-23-9-5-2-6-10-23/h1-12,14-15,25-26,35H,13,16-20H2,(H3,31,32)(H,33,38)(H,34,39)(H,36,37)/t25-,26+,41?/m0/s1. The Hall–Kier alpha value is -4.35. The Labute approximate surface area is 241 Å². The van der Waals surface area contributed by atoms with Crippen LogP contribution in [0.3, 0.4) is 0 Å². The maximum atomic E-state index is 13.4. The first-order valence-electron chi connectivity index (χ1n) is 13.2. The molecule has 2 amide bonds. The quantitative estimate of drug-likeness (QED) is 0.113. The van der Waals surface area contributed by atoms with Gasteiger partial charge in [-0.15, -0.1) is 0 Å². The van der Waals surface area contributed by atoms with Crippen molar-refractivity contribution in [3.8, 4) is 0 Å². The lowest BCUT2D eigenvalue weighted by molar-refractivity contribution is -0.138. The van der Waals surface area contributed by atoms with Gasteiger partial charge in [-0.1, -0.05) is 84.9 Å². The Morgan fingerprint density at radius 3 is 2.00 bits per heavy atom. The molecule has 0 saturated carbocycles. The average Bonchev–Trinajstić information content (AvgIpc) is 2.97. The molecule has 0 saturated heterocycles. The lowest BCUT2D eigenvalue weighted by atomic mass is 10.0. The zero-order valence-corrected chi connectivity index (χ0v) is 23.4. The molecule has 3 atom stereocenters. The lowest BCUT2D eigenvalue weighted by Gasteiger charge is -2.23. The molecule has 0 aliphatic heterocycles. The van der Waals surface area contributed by atoms with Gasteiger partial charge in [-0.2, -0.15) is 0 Å². The minimum absolute atomic E-state index is 0.0721. The van der Waals surface area contributed by atoms with Gasteiger partial charge in [0.1, 0.15) is 11.9 Å². The van der Waals surface area contributed by atoms with E-state index in [2.05, 4.69) is 15.4 Å². The molecule has 0 aliphatic carbocycles. The van der Waals surface area contributed by atoms with Gasteiger partial charge in [0, 0.05) is 18.5 Å². The van der Waals surface area contributed by atoms with Crippen LogP contribution in [0.4, 0.5) is 0 Å². The number of aryl methyl sites for hydroxylation is 1. The number of carboxylic acids is 1. The van der Waals surface area contributed by atoms with E-state index in [1.807, 2.05) is 60.7 Å². The van der Waals surface area contributed by atoms with Crippen LogP contribution in [-0.2, 0) is 44.1 Å². The van der Waals surface area contributed by atoms with Crippen LogP contribution in [0.5, 0.6) is 0 Å². The number of rotatable bonds is 16. The second kappa shape index (κ2) is 16.0. The van der Waals surface area contributed by atoms with Crippen LogP contribution in [0.2, 0.25) is 0 Å². The van der Waals surface area contributed by atoms with Crippen LogP contribution in [0.25, 0.3) is 0 Å². The molecule has 7 N–H and O–H groups in total. The van der Waals surface area contributed by atoms with E-state index in [1.54, 1.807) is 24.3 Å². The lowest BCUT2D eigenvalue weighted by Crippen LogP contribution is -2.53. The van der Waals surface area contributed by atoms with E-state index < -0.39 is 40.9 Å². The smallest absolute Gasteiger partial charge is 0.303 e. The molecule has 0 spiro atoms. The molecular formula is C30H35N5O5S. The van der Waals surface area contributed by atoms with Crippen molar-refractivity contribution in [1.82, 2.24) is 15.4 Å². The van der Waals surface area contributed by atoms with Crippen LogP contribution in [0, 0.1) is 5.41 Å². The van der Waals surface area contributed by atoms with Gasteiger partial charge in [-0.3, -0.25) is 19.8 Å². The molecule has 0 aromatic heterocycles. The SMILES string of the molecule is N=C(N)c1ccc(CNC(=O)[C@H](CCC(=O)O)NC(=O)[C@@H](CCc2ccccc2)NS(=O)Cc2ccccc2)cc1. The van der Waals surface area contributed by atoms with Gasteiger partial charge in [-0.05, 0) is 36.0 Å². The highest BCUT2D eigenvalue weighted by Crippen LogP contribution is 2.10. The monoisotopic (exact) mass is 577 g/mol. The number of amidine groups is 1. The van der Waals surface area contributed by atoms with Gasteiger partial charge in [0.25, 0.3) is 0 Å². The number of hydrogen-bond donors (Lipinski definition) is 6. The van der Waals surface area contributed by atoms with E-state index >= 15 is 0 Å². The number of amides is 2. The second-order valence-corrected chi connectivity index (χ2v) is 10.7. The highest BCUT2D eigenvalue weighted by molar-refractivity contribution is 7.82. The minimum Gasteiger partial charge on any atom is -0.481 e. The van der Waals surface area contributed by atoms with Crippen LogP contribution in [0.1, 0.15) is 41.5 Å². The van der Waals surface area contributed by atoms with Crippen LogP contribution < -0.4 is 21.1 Å². The summed E-state index contributed by atoms with van der Waals surface area (Å²) in [7, 11) is -1.58. The predicted molar refractivity (Wildman–Crippen MR) is 158 cm³/mol. The first-order valence-corrected chi connectivity index (χ1v) is 14.5. The van der Waals surface area contributed by atoms with Crippen molar-refractivity contribution in [3.05, 3.63) is 107 Å². The van der Waals surface area contributed by atoms with Crippen molar-refractivity contribution in [2.75, 3.05) is 0 Å². The molecule has 0 bridgehead atoms. The number of nitrogens with one attached hydrogen (secondary N) is 4. The summed E-state index contributed by atoms with van der Waals surface area (Å²) in [5, 5.41) is 22.1. The summed E-state index contributed by atoms with van der Waals surface area (Å²) in [4.78, 5) is 37.7. The molecule has 0 fully saturated rings. The van der Waals surface area contributed by atoms with Crippen LogP contribution in [0.15, 0.2) is 84.9 Å². The Kier molecular flexibility index (Phi) is 12.2. The molecule has 10 nitrogen and oxygen atoms in total. The van der Waals surface area contributed by atoms with Crippen molar-refractivity contribution in [2.24, 2.45) is 5.73 Å². The third kappa shape index (κ3) is 11.0. The highest BCUT2D eigenvalue weighted by Gasteiger charge is 2.27. The Bertz CT molecular complexity index is 1340. The third-order valence-electron chi connectivity index (χ3n) is 6.31. The van der Waals surface area contributed by atoms with Crippen molar-refractivity contribution in [3.63, 3.8) is 0 Å². The molecule has 0 aliphatic rings. The van der Waals surface area contributed by atoms with Crippen molar-refractivity contribution >= 4 is 34.6 Å². The maximum Gasteiger partial charge on any atom is 0.303 e. The summed E-state index contributed by atoms with van der Waals surface area (Å²) in [5.74, 6) is -2.06. The predicted octanol–water partition coefficient (Wildman–Crippen LogP) is 2.39. The largest absolute Gasteiger partial charge is 0.481 e. The number of nitrogens with two attached hydrogens (primary N) is 1. The van der Waals surface area contributed by atoms with Gasteiger partial charge in [-0.25, -0.2) is 8.93 Å². The number of carboxylic acid groups (broad SMARTS) is 1. The Morgan fingerprint density at radius 1 is 0.805 bits per heavy atom. The van der Waals surface area contributed by atoms with Crippen molar-refractivity contribution in [2.45, 2.75) is 50.1 Å². The van der Waals surface area contributed by atoms with Gasteiger partial charge in [0.15, 0.2) is 0 Å². The second-order valence-electron chi connectivity index (χ2n) is 9.49. The summed E-state index contributed by atoms with van der Waals surface area (Å²) >= 11 is 0. The fraction of sp³-hybridized carbons (Fsp3) is 0.267. The zero-order chi connectivity index (χ0) is 29.6. The number of aliphatic carboxylic acids is 1. The summed E-state index contributed by atoms with van der Waals surface area (Å²) in [5.41, 5.74) is 8.61. The first kappa shape index (κ1) is 31.2. The van der Waals surface area contributed by atoms with E-state index in [1.165, 1.54) is 0 Å².